The second kappa shape index (κ2) is 12.0. The van der Waals surface area contributed by atoms with E-state index < -0.39 is 0 Å². The third-order valence-corrected chi connectivity index (χ3v) is 8.84. The summed E-state index contributed by atoms with van der Waals surface area (Å²) in [4.78, 5) is 12.5. The number of piperazine rings is 1. The first-order valence-corrected chi connectivity index (χ1v) is 15.2. The number of rotatable bonds is 10. The molecule has 9 heteroatoms. The van der Waals surface area contributed by atoms with Gasteiger partial charge in [-0.2, -0.15) is 0 Å². The van der Waals surface area contributed by atoms with Crippen LogP contribution in [0.25, 0.3) is 32.4 Å². The Balaban J connectivity index is 1.22. The van der Waals surface area contributed by atoms with Gasteiger partial charge < -0.3 is 33.5 Å². The average Bonchev–Trinajstić information content (AvgIpc) is 3.71. The number of ether oxygens (including phenoxy) is 5. The number of pyridine rings is 1. The van der Waals surface area contributed by atoms with Gasteiger partial charge in [0.05, 0.1) is 19.2 Å². The molecule has 4 heterocycles. The molecule has 0 bridgehead atoms. The minimum absolute atomic E-state index is 0.236. The van der Waals surface area contributed by atoms with E-state index in [0.717, 1.165) is 108 Å². The van der Waals surface area contributed by atoms with Crippen LogP contribution >= 0.6 is 0 Å². The first-order valence-electron chi connectivity index (χ1n) is 15.2. The van der Waals surface area contributed by atoms with Crippen LogP contribution < -0.4 is 23.7 Å². The van der Waals surface area contributed by atoms with Crippen LogP contribution in [0.15, 0.2) is 36.4 Å². The zero-order chi connectivity index (χ0) is 28.5. The van der Waals surface area contributed by atoms with Crippen molar-refractivity contribution in [3.63, 3.8) is 0 Å². The molecule has 0 saturated carbocycles. The van der Waals surface area contributed by atoms with Gasteiger partial charge in [0, 0.05) is 60.8 Å². The molecule has 42 heavy (non-hydrogen) atoms. The van der Waals surface area contributed by atoms with Gasteiger partial charge in [0.2, 0.25) is 12.7 Å². The summed E-state index contributed by atoms with van der Waals surface area (Å²) in [5.41, 5.74) is 0.873. The molecular weight excluding hydrogens is 532 g/mol. The van der Waals surface area contributed by atoms with Crippen molar-refractivity contribution in [3.05, 3.63) is 36.4 Å². The van der Waals surface area contributed by atoms with E-state index in [1.807, 2.05) is 18.2 Å². The Labute approximate surface area is 246 Å². The fourth-order valence-electron chi connectivity index (χ4n) is 6.36. The van der Waals surface area contributed by atoms with Crippen LogP contribution in [0.4, 0.5) is 0 Å². The van der Waals surface area contributed by atoms with Crippen molar-refractivity contribution < 1.29 is 23.7 Å². The maximum atomic E-state index is 6.46. The molecule has 1 aromatic heterocycles. The highest BCUT2D eigenvalue weighted by Crippen LogP contribution is 2.43. The Morgan fingerprint density at radius 2 is 1.50 bits per heavy atom. The van der Waals surface area contributed by atoms with Crippen molar-refractivity contribution in [2.24, 2.45) is 0 Å². The molecule has 0 N–H and O–H groups in total. The van der Waals surface area contributed by atoms with Crippen molar-refractivity contribution in [1.82, 2.24) is 19.7 Å². The molecule has 3 aliphatic rings. The summed E-state index contributed by atoms with van der Waals surface area (Å²) in [7, 11) is 3.89. The van der Waals surface area contributed by atoms with E-state index in [0.29, 0.717) is 24.8 Å². The van der Waals surface area contributed by atoms with Gasteiger partial charge in [0.15, 0.2) is 23.0 Å². The van der Waals surface area contributed by atoms with Crippen molar-refractivity contribution in [2.45, 2.75) is 19.3 Å². The molecule has 9 nitrogen and oxygen atoms in total. The molecule has 0 spiro atoms. The fraction of sp³-hybridized carbons (Fsp3) is 0.485. The van der Waals surface area contributed by atoms with Crippen LogP contribution in [-0.4, -0.2) is 106 Å². The third-order valence-electron chi connectivity index (χ3n) is 8.84. The fourth-order valence-corrected chi connectivity index (χ4v) is 6.36. The molecule has 7 rings (SSSR count). The quantitative estimate of drug-likeness (QED) is 0.197. The third kappa shape index (κ3) is 5.48. The van der Waals surface area contributed by atoms with Crippen molar-refractivity contribution in [3.8, 4) is 28.9 Å². The zero-order valence-corrected chi connectivity index (χ0v) is 24.7. The number of likely N-dealkylation sites (tertiary alicyclic amines) is 1. The SMILES string of the molecule is COc1cc2c(cc1OCCCN1CCN(C)CC1)c(OCCN1CCCC1)nc1c3cc4c(cc3ccc21)OCO4. The van der Waals surface area contributed by atoms with Crippen LogP contribution in [0.3, 0.4) is 0 Å². The lowest BCUT2D eigenvalue weighted by molar-refractivity contribution is 0.145. The zero-order valence-electron chi connectivity index (χ0n) is 24.7. The van der Waals surface area contributed by atoms with Gasteiger partial charge in [-0.15, -0.1) is 0 Å². The van der Waals surface area contributed by atoms with E-state index in [2.05, 4.69) is 39.9 Å². The monoisotopic (exact) mass is 572 g/mol. The van der Waals surface area contributed by atoms with Gasteiger partial charge in [-0.25, -0.2) is 4.98 Å². The molecule has 0 atom stereocenters. The number of likely N-dealkylation sites (N-methyl/N-ethyl adjacent to an activating group) is 1. The van der Waals surface area contributed by atoms with Crippen molar-refractivity contribution in [2.75, 3.05) is 86.5 Å². The van der Waals surface area contributed by atoms with E-state index in [4.69, 9.17) is 28.7 Å². The van der Waals surface area contributed by atoms with E-state index in [-0.39, 0.29) is 6.79 Å². The lowest BCUT2D eigenvalue weighted by Gasteiger charge is -2.32. The topological polar surface area (TPSA) is 68.8 Å². The normalized spacial score (nSPS) is 18.0. The summed E-state index contributed by atoms with van der Waals surface area (Å²) in [6, 6.07) is 12.4. The molecule has 0 aliphatic carbocycles. The highest BCUT2D eigenvalue weighted by molar-refractivity contribution is 6.17. The number of benzene rings is 3. The molecule has 2 fully saturated rings. The highest BCUT2D eigenvalue weighted by Gasteiger charge is 2.21. The van der Waals surface area contributed by atoms with Crippen LogP contribution in [0.5, 0.6) is 28.9 Å². The summed E-state index contributed by atoms with van der Waals surface area (Å²) >= 11 is 0. The highest BCUT2D eigenvalue weighted by atomic mass is 16.7. The number of fused-ring (bicyclic) bond motifs is 6. The molecule has 2 saturated heterocycles. The molecule has 4 aromatic rings. The van der Waals surface area contributed by atoms with E-state index >= 15 is 0 Å². The second-order valence-electron chi connectivity index (χ2n) is 11.6. The number of methoxy groups -OCH3 is 1. The lowest BCUT2D eigenvalue weighted by atomic mass is 10.0. The second-order valence-corrected chi connectivity index (χ2v) is 11.6. The minimum Gasteiger partial charge on any atom is -0.493 e. The average molecular weight is 573 g/mol. The van der Waals surface area contributed by atoms with Crippen LogP contribution in [-0.2, 0) is 0 Å². The number of hydrogen-bond donors (Lipinski definition) is 0. The first-order chi connectivity index (χ1) is 20.7. The van der Waals surface area contributed by atoms with Gasteiger partial charge in [-0.05, 0) is 69.1 Å². The predicted molar refractivity (Wildman–Crippen MR) is 165 cm³/mol. The molecule has 0 amide bonds. The van der Waals surface area contributed by atoms with Crippen LogP contribution in [0.2, 0.25) is 0 Å². The van der Waals surface area contributed by atoms with Gasteiger partial charge in [0.25, 0.3) is 0 Å². The summed E-state index contributed by atoms with van der Waals surface area (Å²) in [5, 5.41) is 5.04. The molecule has 0 radical (unpaired) electrons. The standard InChI is InChI=1S/C33H40N4O5/c1-35-11-13-37(14-12-35)10-5-16-39-30-21-27-26(20-28(30)38-2)24-7-6-23-18-29-31(42-22-41-29)19-25(23)32(24)34-33(27)40-17-15-36-8-3-4-9-36/h6-7,18-21H,3-5,8-17,22H2,1-2H3. The van der Waals surface area contributed by atoms with Gasteiger partial charge in [0.1, 0.15) is 6.61 Å². The number of hydrogen-bond acceptors (Lipinski definition) is 9. The molecule has 0 unspecified atom stereocenters. The first kappa shape index (κ1) is 27.3. The van der Waals surface area contributed by atoms with Gasteiger partial charge in [-0.1, -0.05) is 12.1 Å². The summed E-state index contributed by atoms with van der Waals surface area (Å²) in [6.45, 7) is 10.1. The van der Waals surface area contributed by atoms with Crippen LogP contribution in [0.1, 0.15) is 19.3 Å². The Hall–Kier alpha value is -3.53. The van der Waals surface area contributed by atoms with Gasteiger partial charge >= 0.3 is 0 Å². The van der Waals surface area contributed by atoms with Crippen molar-refractivity contribution >= 4 is 32.4 Å². The minimum atomic E-state index is 0.236. The molecule has 3 aromatic carbocycles. The Kier molecular flexibility index (Phi) is 7.80. The summed E-state index contributed by atoms with van der Waals surface area (Å²) < 4.78 is 30.0. The predicted octanol–water partition coefficient (Wildman–Crippen LogP) is 4.77. The van der Waals surface area contributed by atoms with Gasteiger partial charge in [-0.3, -0.25) is 4.90 Å². The Morgan fingerprint density at radius 3 is 2.31 bits per heavy atom. The smallest absolute Gasteiger partial charge is 0.231 e. The molecular formula is C33H40N4O5. The Bertz CT molecular complexity index is 1580. The van der Waals surface area contributed by atoms with Crippen LogP contribution in [0, 0.1) is 0 Å². The summed E-state index contributed by atoms with van der Waals surface area (Å²) in [6.07, 6.45) is 3.48. The number of nitrogens with zero attached hydrogens (tertiary/aromatic N) is 4. The van der Waals surface area contributed by atoms with E-state index in [9.17, 15) is 0 Å². The maximum absolute atomic E-state index is 6.46. The largest absolute Gasteiger partial charge is 0.493 e. The van der Waals surface area contributed by atoms with Crippen molar-refractivity contribution in [1.29, 1.82) is 0 Å². The number of aromatic nitrogens is 1. The maximum Gasteiger partial charge on any atom is 0.231 e. The Morgan fingerprint density at radius 1 is 0.738 bits per heavy atom. The van der Waals surface area contributed by atoms with E-state index in [1.165, 1.54) is 12.8 Å². The lowest BCUT2D eigenvalue weighted by Crippen LogP contribution is -2.44. The summed E-state index contributed by atoms with van der Waals surface area (Å²) in [5.74, 6) is 3.56. The molecule has 3 aliphatic heterocycles. The van der Waals surface area contributed by atoms with E-state index in [1.54, 1.807) is 7.11 Å². The molecule has 222 valence electrons.